The number of aromatic nitrogens is 1. The molecule has 5 N–H and O–H groups in total. The molecule has 1 aliphatic heterocycles. The molecule has 2 aromatic rings. The predicted octanol–water partition coefficient (Wildman–Crippen LogP) is 4.30. The molecule has 6 rings (SSSR count). The number of methoxy groups -OCH3 is 1. The van der Waals surface area contributed by atoms with Crippen LogP contribution < -0.4 is 30.7 Å². The Morgan fingerprint density at radius 1 is 1.06 bits per heavy atom. The second-order valence-corrected chi connectivity index (χ2v) is 16.9. The highest BCUT2D eigenvalue weighted by Gasteiger charge is 2.53. The average molecular weight is 735 g/mol. The van der Waals surface area contributed by atoms with Crippen molar-refractivity contribution in [2.75, 3.05) is 20.3 Å². The number of ether oxygens (including phenoxy) is 2. The fourth-order valence-corrected chi connectivity index (χ4v) is 7.41. The van der Waals surface area contributed by atoms with Gasteiger partial charge in [0.2, 0.25) is 17.7 Å². The molecule has 1 aromatic heterocycles. The average Bonchev–Trinajstić information content (AvgIpc) is 4.01. The van der Waals surface area contributed by atoms with Crippen LogP contribution in [0.25, 0.3) is 10.9 Å². The number of nitrogens with zero attached hydrogens (tertiary/aromatic N) is 2. The van der Waals surface area contributed by atoms with Gasteiger partial charge in [0, 0.05) is 59.8 Å². The van der Waals surface area contributed by atoms with Crippen LogP contribution in [0.3, 0.4) is 0 Å². The number of hydrogen-bond acceptors (Lipinski definition) is 8. The van der Waals surface area contributed by atoms with Crippen LogP contribution in [0.5, 0.6) is 11.5 Å². The Morgan fingerprint density at radius 2 is 1.79 bits per heavy atom. The largest absolute Gasteiger partial charge is 0.497 e. The van der Waals surface area contributed by atoms with E-state index >= 15 is 0 Å². The standard InChI is InChI=1S/C40H58N6O7/c1-7-8-29(28(15-18-47)35(48)41-24-11-12-24)43-36(49)32-20-26(22-46(32)37(50)34(40(5)16-17-40)44-38(51)45-39(2,3)4)53-33-21-30(23-9-10-23)42-31-19-25(52-6)13-14-27(31)33/h13-14,19,21,23-24,26,28-29,32,34,47H,7-12,15-18,20,22H2,1-6H3,(H,41,48)(H,43,49)(H2,44,45,51)/t26-,28?,29+,32?,34?/m1/s1. The monoisotopic (exact) mass is 734 g/mol. The maximum atomic E-state index is 14.7. The number of hydrogen-bond donors (Lipinski definition) is 5. The molecule has 290 valence electrons. The SMILES string of the molecule is CCC[C@H](NC(=O)C1C[C@@H](Oc2cc(C3CC3)nc3cc(OC)ccc23)CN1C(=O)C(NC(=O)NC(C)(C)C)C1(C)CC1)C(CCO)C(=O)NC1CC1. The van der Waals surface area contributed by atoms with Crippen LogP contribution in [0, 0.1) is 11.3 Å². The van der Waals surface area contributed by atoms with Crippen LogP contribution in [0.15, 0.2) is 24.3 Å². The smallest absolute Gasteiger partial charge is 0.315 e. The van der Waals surface area contributed by atoms with Gasteiger partial charge in [-0.1, -0.05) is 20.3 Å². The highest BCUT2D eigenvalue weighted by Crippen LogP contribution is 2.49. The number of nitrogens with one attached hydrogen (secondary N) is 4. The number of aliphatic hydroxyl groups excluding tert-OH is 1. The van der Waals surface area contributed by atoms with Gasteiger partial charge in [-0.05, 0) is 89.7 Å². The van der Waals surface area contributed by atoms with Crippen molar-refractivity contribution in [1.29, 1.82) is 0 Å². The van der Waals surface area contributed by atoms with E-state index in [2.05, 4.69) is 21.3 Å². The molecule has 0 radical (unpaired) electrons. The second kappa shape index (κ2) is 15.7. The molecule has 2 heterocycles. The lowest BCUT2D eigenvalue weighted by molar-refractivity contribution is -0.142. The molecular weight excluding hydrogens is 676 g/mol. The third-order valence-corrected chi connectivity index (χ3v) is 11.0. The van der Waals surface area contributed by atoms with E-state index in [4.69, 9.17) is 14.5 Å². The van der Waals surface area contributed by atoms with Crippen molar-refractivity contribution < 1.29 is 33.8 Å². The molecule has 3 aliphatic carbocycles. The highest BCUT2D eigenvalue weighted by molar-refractivity contribution is 5.94. The number of benzene rings is 1. The normalized spacial score (nSPS) is 22.4. The molecule has 0 bridgehead atoms. The van der Waals surface area contributed by atoms with Gasteiger partial charge in [-0.15, -0.1) is 0 Å². The number of carbonyl (C=O) groups is 4. The fourth-order valence-electron chi connectivity index (χ4n) is 7.41. The van der Waals surface area contributed by atoms with Crippen LogP contribution in [0.2, 0.25) is 0 Å². The number of aliphatic hydroxyl groups is 1. The minimum atomic E-state index is -0.915. The van der Waals surface area contributed by atoms with E-state index in [1.165, 1.54) is 0 Å². The summed E-state index contributed by atoms with van der Waals surface area (Å²) in [6, 6.07) is 5.03. The number of amides is 5. The van der Waals surface area contributed by atoms with Crippen molar-refractivity contribution in [2.45, 2.75) is 141 Å². The lowest BCUT2D eigenvalue weighted by Crippen LogP contribution is -2.60. The first kappa shape index (κ1) is 38.6. The Morgan fingerprint density at radius 3 is 2.40 bits per heavy atom. The molecule has 5 amide bonds. The van der Waals surface area contributed by atoms with E-state index in [1.807, 2.05) is 58.9 Å². The van der Waals surface area contributed by atoms with E-state index < -0.39 is 47.1 Å². The van der Waals surface area contributed by atoms with Crippen molar-refractivity contribution in [1.82, 2.24) is 31.2 Å². The third-order valence-electron chi connectivity index (χ3n) is 11.0. The molecule has 5 atom stereocenters. The van der Waals surface area contributed by atoms with Gasteiger partial charge >= 0.3 is 6.03 Å². The Kier molecular flexibility index (Phi) is 11.4. The van der Waals surface area contributed by atoms with Crippen LogP contribution >= 0.6 is 0 Å². The molecule has 13 heteroatoms. The Labute approximate surface area is 312 Å². The Hall–Kier alpha value is -4.13. The maximum Gasteiger partial charge on any atom is 0.315 e. The summed E-state index contributed by atoms with van der Waals surface area (Å²) in [4.78, 5) is 62.2. The predicted molar refractivity (Wildman–Crippen MR) is 201 cm³/mol. The minimum absolute atomic E-state index is 0.130. The summed E-state index contributed by atoms with van der Waals surface area (Å²) in [5.74, 6) is 0.162. The van der Waals surface area contributed by atoms with Crippen LogP contribution in [-0.4, -0.2) is 94.8 Å². The summed E-state index contributed by atoms with van der Waals surface area (Å²) in [5.41, 5.74) is 0.725. The van der Waals surface area contributed by atoms with E-state index in [0.29, 0.717) is 30.3 Å². The first-order valence-electron chi connectivity index (χ1n) is 19.5. The Bertz CT molecular complexity index is 1680. The van der Waals surface area contributed by atoms with Crippen LogP contribution in [-0.2, 0) is 14.4 Å². The topological polar surface area (TPSA) is 171 Å². The summed E-state index contributed by atoms with van der Waals surface area (Å²) < 4.78 is 12.2. The molecule has 1 saturated heterocycles. The zero-order valence-corrected chi connectivity index (χ0v) is 32.1. The Balaban J connectivity index is 1.30. The number of fused-ring (bicyclic) bond motifs is 1. The number of rotatable bonds is 16. The van der Waals surface area contributed by atoms with E-state index in [1.54, 1.807) is 12.0 Å². The number of carbonyl (C=O) groups excluding carboxylic acids is 4. The van der Waals surface area contributed by atoms with Gasteiger partial charge in [0.25, 0.3) is 0 Å². The van der Waals surface area contributed by atoms with Gasteiger partial charge in [-0.3, -0.25) is 19.4 Å². The van der Waals surface area contributed by atoms with Gasteiger partial charge < -0.3 is 40.7 Å². The number of urea groups is 1. The van der Waals surface area contributed by atoms with Gasteiger partial charge in [0.05, 0.1) is 25.1 Å². The van der Waals surface area contributed by atoms with Crippen molar-refractivity contribution in [2.24, 2.45) is 11.3 Å². The van der Waals surface area contributed by atoms with E-state index in [9.17, 15) is 24.3 Å². The number of likely N-dealkylation sites (tertiary alicyclic amines) is 1. The molecular formula is C40H58N6O7. The van der Waals surface area contributed by atoms with Crippen molar-refractivity contribution in [3.63, 3.8) is 0 Å². The van der Waals surface area contributed by atoms with Crippen molar-refractivity contribution >= 4 is 34.7 Å². The molecule has 4 aliphatic rings. The van der Waals surface area contributed by atoms with Gasteiger partial charge in [0.1, 0.15) is 29.7 Å². The minimum Gasteiger partial charge on any atom is -0.497 e. The van der Waals surface area contributed by atoms with Crippen molar-refractivity contribution in [3.8, 4) is 11.5 Å². The third kappa shape index (κ3) is 9.52. The molecule has 13 nitrogen and oxygen atoms in total. The van der Waals surface area contributed by atoms with E-state index in [0.717, 1.165) is 55.1 Å². The molecule has 3 unspecified atom stereocenters. The fraction of sp³-hybridized carbons (Fsp3) is 0.675. The lowest BCUT2D eigenvalue weighted by Gasteiger charge is -2.34. The maximum absolute atomic E-state index is 14.7. The summed E-state index contributed by atoms with van der Waals surface area (Å²) in [5, 5.41) is 22.8. The summed E-state index contributed by atoms with van der Waals surface area (Å²) in [6.07, 6.45) is 6.60. The summed E-state index contributed by atoms with van der Waals surface area (Å²) >= 11 is 0. The van der Waals surface area contributed by atoms with Crippen LogP contribution in [0.1, 0.15) is 110 Å². The second-order valence-electron chi connectivity index (χ2n) is 16.9. The highest BCUT2D eigenvalue weighted by atomic mass is 16.5. The number of pyridine rings is 1. The van der Waals surface area contributed by atoms with E-state index in [-0.39, 0.29) is 49.8 Å². The molecule has 4 fully saturated rings. The first-order chi connectivity index (χ1) is 25.2. The van der Waals surface area contributed by atoms with Gasteiger partial charge in [-0.2, -0.15) is 0 Å². The zero-order valence-electron chi connectivity index (χ0n) is 32.1. The molecule has 53 heavy (non-hydrogen) atoms. The quantitative estimate of drug-likeness (QED) is 0.170. The zero-order chi connectivity index (χ0) is 38.1. The van der Waals surface area contributed by atoms with Gasteiger partial charge in [0.15, 0.2) is 0 Å². The lowest BCUT2D eigenvalue weighted by atomic mass is 9.91. The van der Waals surface area contributed by atoms with Crippen LogP contribution in [0.4, 0.5) is 4.79 Å². The first-order valence-corrected chi connectivity index (χ1v) is 19.5. The summed E-state index contributed by atoms with van der Waals surface area (Å²) in [7, 11) is 1.62. The summed E-state index contributed by atoms with van der Waals surface area (Å²) in [6.45, 7) is 9.53. The van der Waals surface area contributed by atoms with Crippen molar-refractivity contribution in [3.05, 3.63) is 30.0 Å². The molecule has 3 saturated carbocycles. The molecule has 0 spiro atoms. The molecule has 1 aromatic carbocycles. The van der Waals surface area contributed by atoms with Gasteiger partial charge in [-0.25, -0.2) is 4.79 Å².